The van der Waals surface area contributed by atoms with E-state index in [0.29, 0.717) is 11.4 Å². The summed E-state index contributed by atoms with van der Waals surface area (Å²) >= 11 is 0. The Bertz CT molecular complexity index is 1290. The minimum atomic E-state index is -0.664. The number of aliphatic imine (C=N–C) groups is 1. The standard InChI is InChI=1S/C20H23N5O4/c1-6-14(15-17(26)22(3)20(29)23(4)18(15)27)21-16-12(2)24(5)25(19(16)28)13-10-8-7-9-11-13/h7-11,26H,6H2,1-5H3. The van der Waals surface area contributed by atoms with E-state index in [-0.39, 0.29) is 28.9 Å². The second-order valence-electron chi connectivity index (χ2n) is 6.73. The molecular formula is C20H23N5O4. The molecule has 2 aromatic heterocycles. The molecule has 29 heavy (non-hydrogen) atoms. The molecule has 0 spiro atoms. The molecule has 2 heterocycles. The Kier molecular flexibility index (Phi) is 5.15. The van der Waals surface area contributed by atoms with Crippen LogP contribution in [-0.2, 0) is 21.1 Å². The normalized spacial score (nSPS) is 11.8. The molecule has 0 saturated carbocycles. The van der Waals surface area contributed by atoms with Gasteiger partial charge in [0.2, 0.25) is 5.88 Å². The number of hydrogen-bond acceptors (Lipinski definition) is 5. The third-order valence-corrected chi connectivity index (χ3v) is 5.03. The Morgan fingerprint density at radius 3 is 2.21 bits per heavy atom. The van der Waals surface area contributed by atoms with E-state index < -0.39 is 17.1 Å². The first-order valence-electron chi connectivity index (χ1n) is 9.11. The Labute approximate surface area is 166 Å². The lowest BCUT2D eigenvalue weighted by Crippen LogP contribution is -2.40. The van der Waals surface area contributed by atoms with Crippen LogP contribution < -0.4 is 16.8 Å². The zero-order valence-corrected chi connectivity index (χ0v) is 17.0. The molecule has 0 unspecified atom stereocenters. The summed E-state index contributed by atoms with van der Waals surface area (Å²) in [4.78, 5) is 42.2. The van der Waals surface area contributed by atoms with Crippen LogP contribution in [0.4, 0.5) is 5.69 Å². The van der Waals surface area contributed by atoms with Crippen LogP contribution in [0, 0.1) is 6.92 Å². The number of benzene rings is 1. The van der Waals surface area contributed by atoms with Crippen LogP contribution >= 0.6 is 0 Å². The van der Waals surface area contributed by atoms with Gasteiger partial charge in [0.1, 0.15) is 5.56 Å². The predicted octanol–water partition coefficient (Wildman–Crippen LogP) is 1.12. The second kappa shape index (κ2) is 7.42. The van der Waals surface area contributed by atoms with Gasteiger partial charge in [-0.25, -0.2) is 14.5 Å². The van der Waals surface area contributed by atoms with E-state index in [1.807, 2.05) is 30.3 Å². The number of nitrogens with zero attached hydrogens (tertiary/aromatic N) is 5. The molecule has 0 aliphatic carbocycles. The van der Waals surface area contributed by atoms with Gasteiger partial charge in [0, 0.05) is 21.1 Å². The molecule has 9 nitrogen and oxygen atoms in total. The highest BCUT2D eigenvalue weighted by atomic mass is 16.3. The maximum atomic E-state index is 13.1. The smallest absolute Gasteiger partial charge is 0.333 e. The van der Waals surface area contributed by atoms with Crippen LogP contribution in [0.2, 0.25) is 0 Å². The molecular weight excluding hydrogens is 374 g/mol. The SMILES string of the molecule is CCC(=Nc1c(C)n(C)n(-c2ccccc2)c1=O)c1c(O)n(C)c(=O)n(C)c1=O. The Hall–Kier alpha value is -3.62. The third kappa shape index (κ3) is 3.14. The van der Waals surface area contributed by atoms with Gasteiger partial charge in [-0.05, 0) is 25.5 Å². The molecule has 0 aliphatic rings. The van der Waals surface area contributed by atoms with Crippen LogP contribution in [0.3, 0.4) is 0 Å². The fourth-order valence-electron chi connectivity index (χ4n) is 3.22. The second-order valence-corrected chi connectivity index (χ2v) is 6.73. The van der Waals surface area contributed by atoms with E-state index >= 15 is 0 Å². The van der Waals surface area contributed by atoms with Gasteiger partial charge in [-0.3, -0.25) is 23.4 Å². The van der Waals surface area contributed by atoms with Crippen molar-refractivity contribution in [1.29, 1.82) is 0 Å². The molecule has 0 aliphatic heterocycles. The highest BCUT2D eigenvalue weighted by molar-refractivity contribution is 6.03. The topological polar surface area (TPSA) is 104 Å². The van der Waals surface area contributed by atoms with E-state index in [9.17, 15) is 19.5 Å². The Morgan fingerprint density at radius 2 is 1.62 bits per heavy atom. The van der Waals surface area contributed by atoms with Crippen molar-refractivity contribution in [2.75, 3.05) is 0 Å². The maximum absolute atomic E-state index is 13.1. The number of aromatic nitrogens is 4. The molecule has 1 N–H and O–H groups in total. The molecule has 0 radical (unpaired) electrons. The summed E-state index contributed by atoms with van der Waals surface area (Å²) in [5.74, 6) is -0.476. The van der Waals surface area contributed by atoms with Crippen LogP contribution in [0.5, 0.6) is 5.88 Å². The molecule has 0 saturated heterocycles. The molecule has 0 amide bonds. The zero-order valence-electron chi connectivity index (χ0n) is 17.0. The molecule has 0 bridgehead atoms. The summed E-state index contributed by atoms with van der Waals surface area (Å²) in [6.45, 7) is 3.52. The predicted molar refractivity (Wildman–Crippen MR) is 111 cm³/mol. The van der Waals surface area contributed by atoms with Crippen molar-refractivity contribution in [3.05, 3.63) is 72.8 Å². The van der Waals surface area contributed by atoms with Gasteiger partial charge >= 0.3 is 5.69 Å². The van der Waals surface area contributed by atoms with Crippen molar-refractivity contribution in [2.24, 2.45) is 26.1 Å². The van der Waals surface area contributed by atoms with Crippen LogP contribution in [0.25, 0.3) is 5.69 Å². The van der Waals surface area contributed by atoms with Crippen LogP contribution in [-0.4, -0.2) is 29.3 Å². The number of hydrogen-bond donors (Lipinski definition) is 1. The van der Waals surface area contributed by atoms with E-state index in [1.54, 1.807) is 25.6 Å². The summed E-state index contributed by atoms with van der Waals surface area (Å²) in [5.41, 5.74) is -0.0610. The van der Waals surface area contributed by atoms with Crippen LogP contribution in [0.1, 0.15) is 24.6 Å². The number of aromatic hydroxyl groups is 1. The Morgan fingerprint density at radius 1 is 1.00 bits per heavy atom. The average Bonchev–Trinajstić information content (AvgIpc) is 2.93. The van der Waals surface area contributed by atoms with Crippen LogP contribution in [0.15, 0.2) is 49.7 Å². The quantitative estimate of drug-likeness (QED) is 0.666. The van der Waals surface area contributed by atoms with Gasteiger partial charge in [0.15, 0.2) is 5.69 Å². The average molecular weight is 397 g/mol. The van der Waals surface area contributed by atoms with Crippen molar-refractivity contribution in [1.82, 2.24) is 18.5 Å². The van der Waals surface area contributed by atoms with Crippen molar-refractivity contribution in [2.45, 2.75) is 20.3 Å². The van der Waals surface area contributed by atoms with Crippen molar-refractivity contribution >= 4 is 11.4 Å². The van der Waals surface area contributed by atoms with Crippen molar-refractivity contribution < 1.29 is 5.11 Å². The highest BCUT2D eigenvalue weighted by Gasteiger charge is 2.22. The van der Waals surface area contributed by atoms with Gasteiger partial charge < -0.3 is 5.11 Å². The van der Waals surface area contributed by atoms with E-state index in [2.05, 4.69) is 4.99 Å². The lowest BCUT2D eigenvalue weighted by Gasteiger charge is -2.11. The summed E-state index contributed by atoms with van der Waals surface area (Å²) in [6, 6.07) is 9.14. The zero-order chi connectivity index (χ0) is 21.5. The first kappa shape index (κ1) is 20.1. The minimum absolute atomic E-state index is 0.0917. The molecule has 0 atom stereocenters. The summed E-state index contributed by atoms with van der Waals surface area (Å²) < 4.78 is 5.05. The summed E-state index contributed by atoms with van der Waals surface area (Å²) in [6.07, 6.45) is 0.278. The summed E-state index contributed by atoms with van der Waals surface area (Å²) in [5, 5.41) is 10.4. The van der Waals surface area contributed by atoms with Gasteiger partial charge in [0.05, 0.1) is 17.1 Å². The molecule has 3 aromatic rings. The highest BCUT2D eigenvalue weighted by Crippen LogP contribution is 2.20. The maximum Gasteiger partial charge on any atom is 0.333 e. The molecule has 1 aromatic carbocycles. The summed E-state index contributed by atoms with van der Waals surface area (Å²) in [7, 11) is 4.44. The van der Waals surface area contributed by atoms with Gasteiger partial charge in [-0.2, -0.15) is 0 Å². The molecule has 152 valence electrons. The molecule has 0 fully saturated rings. The van der Waals surface area contributed by atoms with Crippen molar-refractivity contribution in [3.8, 4) is 11.6 Å². The van der Waals surface area contributed by atoms with Gasteiger partial charge in [0.25, 0.3) is 11.1 Å². The van der Waals surface area contributed by atoms with E-state index in [1.165, 1.54) is 18.8 Å². The van der Waals surface area contributed by atoms with E-state index in [4.69, 9.17) is 0 Å². The minimum Gasteiger partial charge on any atom is -0.494 e. The fraction of sp³-hybridized carbons (Fsp3) is 0.300. The largest absolute Gasteiger partial charge is 0.494 e. The first-order chi connectivity index (χ1) is 13.7. The monoisotopic (exact) mass is 397 g/mol. The third-order valence-electron chi connectivity index (χ3n) is 5.03. The first-order valence-corrected chi connectivity index (χ1v) is 9.11. The van der Waals surface area contributed by atoms with Gasteiger partial charge in [-0.15, -0.1) is 0 Å². The fourth-order valence-corrected chi connectivity index (χ4v) is 3.22. The van der Waals surface area contributed by atoms with Gasteiger partial charge in [-0.1, -0.05) is 25.1 Å². The van der Waals surface area contributed by atoms with Crippen molar-refractivity contribution in [3.63, 3.8) is 0 Å². The Balaban J connectivity index is 2.30. The number of para-hydroxylation sites is 1. The number of rotatable bonds is 4. The lowest BCUT2D eigenvalue weighted by atomic mass is 10.1. The lowest BCUT2D eigenvalue weighted by molar-refractivity contribution is 0.410. The molecule has 9 heteroatoms. The van der Waals surface area contributed by atoms with E-state index in [0.717, 1.165) is 9.13 Å². The molecule has 3 rings (SSSR count).